The van der Waals surface area contributed by atoms with Gasteiger partial charge < -0.3 is 0 Å². The molecular formula is C19H26FN3OS. The van der Waals surface area contributed by atoms with Gasteiger partial charge in [-0.2, -0.15) is 0 Å². The van der Waals surface area contributed by atoms with Crippen LogP contribution in [0, 0.1) is 11.2 Å². The predicted octanol–water partition coefficient (Wildman–Crippen LogP) is 4.83. The molecule has 0 radical (unpaired) electrons. The number of anilines is 2. The molecule has 1 amide bonds. The zero-order chi connectivity index (χ0) is 18.8. The topological polar surface area (TPSA) is 36.4 Å². The summed E-state index contributed by atoms with van der Waals surface area (Å²) in [7, 11) is 2.08. The van der Waals surface area contributed by atoms with E-state index < -0.39 is 0 Å². The number of amides is 1. The Hall–Kier alpha value is -1.79. The molecular weight excluding hydrogens is 337 g/mol. The van der Waals surface area contributed by atoms with Gasteiger partial charge >= 0.3 is 0 Å². The minimum absolute atomic E-state index is 0.149. The summed E-state index contributed by atoms with van der Waals surface area (Å²) >= 11 is 1.42. The zero-order valence-corrected chi connectivity index (χ0v) is 16.5. The number of carbonyl (C=O) groups excluding carboxylic acids is 1. The molecule has 136 valence electrons. The molecule has 0 fully saturated rings. The molecule has 6 heteroatoms. The maximum absolute atomic E-state index is 13.2. The Bertz CT molecular complexity index is 721. The summed E-state index contributed by atoms with van der Waals surface area (Å²) in [6.07, 6.45) is 0. The first-order chi connectivity index (χ1) is 11.6. The lowest BCUT2D eigenvalue weighted by Crippen LogP contribution is -2.38. The third-order valence-electron chi connectivity index (χ3n) is 4.46. The van der Waals surface area contributed by atoms with Gasteiger partial charge in [0.15, 0.2) is 5.13 Å². The number of halogens is 1. The largest absolute Gasteiger partial charge is 0.297 e. The molecule has 0 bridgehead atoms. The van der Waals surface area contributed by atoms with Crippen LogP contribution in [0.1, 0.15) is 40.3 Å². The van der Waals surface area contributed by atoms with E-state index in [9.17, 15) is 9.18 Å². The van der Waals surface area contributed by atoms with Crippen LogP contribution in [0.15, 0.2) is 29.6 Å². The first-order valence-corrected chi connectivity index (χ1v) is 9.18. The molecule has 1 heterocycles. The minimum Gasteiger partial charge on any atom is -0.297 e. The fourth-order valence-corrected chi connectivity index (χ4v) is 3.42. The Kier molecular flexibility index (Phi) is 5.95. The molecule has 1 unspecified atom stereocenters. The van der Waals surface area contributed by atoms with E-state index in [-0.39, 0.29) is 17.1 Å². The molecule has 1 aromatic carbocycles. The summed E-state index contributed by atoms with van der Waals surface area (Å²) < 4.78 is 13.2. The van der Waals surface area contributed by atoms with Gasteiger partial charge in [0.05, 0.1) is 11.4 Å². The van der Waals surface area contributed by atoms with Crippen LogP contribution in [0.2, 0.25) is 0 Å². The van der Waals surface area contributed by atoms with Crippen LogP contribution >= 0.6 is 11.3 Å². The van der Waals surface area contributed by atoms with Crippen LogP contribution in [-0.2, 0) is 11.3 Å². The summed E-state index contributed by atoms with van der Waals surface area (Å²) in [5, 5.41) is 2.58. The Labute approximate surface area is 153 Å². The van der Waals surface area contributed by atoms with Crippen LogP contribution in [0.5, 0.6) is 0 Å². The van der Waals surface area contributed by atoms with E-state index >= 15 is 0 Å². The molecule has 0 aliphatic rings. The van der Waals surface area contributed by atoms with Gasteiger partial charge in [-0.25, -0.2) is 9.37 Å². The van der Waals surface area contributed by atoms with Crippen molar-refractivity contribution < 1.29 is 9.18 Å². The van der Waals surface area contributed by atoms with E-state index in [0.29, 0.717) is 23.4 Å². The molecule has 0 saturated carbocycles. The number of aromatic nitrogens is 1. The predicted molar refractivity (Wildman–Crippen MR) is 102 cm³/mol. The number of hydrogen-bond acceptors (Lipinski definition) is 4. The van der Waals surface area contributed by atoms with E-state index in [2.05, 4.69) is 44.6 Å². The van der Waals surface area contributed by atoms with E-state index in [0.717, 1.165) is 5.69 Å². The molecule has 25 heavy (non-hydrogen) atoms. The number of benzene rings is 1. The van der Waals surface area contributed by atoms with Crippen LogP contribution in [0.4, 0.5) is 15.2 Å². The van der Waals surface area contributed by atoms with Crippen LogP contribution in [0.3, 0.4) is 0 Å². The Balaban J connectivity index is 2.20. The highest BCUT2D eigenvalue weighted by Gasteiger charge is 2.25. The Morgan fingerprint density at radius 3 is 2.40 bits per heavy atom. The van der Waals surface area contributed by atoms with E-state index in [1.165, 1.54) is 35.3 Å². The second-order valence-corrected chi connectivity index (χ2v) is 8.25. The summed E-state index contributed by atoms with van der Waals surface area (Å²) in [4.78, 5) is 20.5. The Morgan fingerprint density at radius 1 is 1.28 bits per heavy atom. The van der Waals surface area contributed by atoms with Crippen molar-refractivity contribution in [2.75, 3.05) is 11.9 Å². The SMILES string of the molecule is CC(=O)N(c1ccc(F)cc1)c1nc(CN(C)C(C)C(C)(C)C)cs1. The number of thiazole rings is 1. The van der Waals surface area contributed by atoms with Crippen molar-refractivity contribution in [1.29, 1.82) is 0 Å². The first kappa shape index (κ1) is 19.5. The molecule has 2 rings (SSSR count). The summed E-state index contributed by atoms with van der Waals surface area (Å²) in [5.74, 6) is -0.478. The lowest BCUT2D eigenvalue weighted by atomic mass is 9.87. The van der Waals surface area contributed by atoms with Gasteiger partial charge in [-0.05, 0) is 43.7 Å². The van der Waals surface area contributed by atoms with Crippen molar-refractivity contribution in [3.63, 3.8) is 0 Å². The van der Waals surface area contributed by atoms with E-state index in [1.54, 1.807) is 12.1 Å². The minimum atomic E-state index is -0.329. The van der Waals surface area contributed by atoms with Crippen molar-refractivity contribution in [2.24, 2.45) is 5.41 Å². The van der Waals surface area contributed by atoms with Crippen molar-refractivity contribution in [1.82, 2.24) is 9.88 Å². The highest BCUT2D eigenvalue weighted by Crippen LogP contribution is 2.30. The molecule has 0 N–H and O–H groups in total. The molecule has 1 aromatic heterocycles. The fourth-order valence-electron chi connectivity index (χ4n) is 2.54. The second-order valence-electron chi connectivity index (χ2n) is 7.41. The van der Waals surface area contributed by atoms with Crippen molar-refractivity contribution >= 4 is 28.1 Å². The van der Waals surface area contributed by atoms with Gasteiger partial charge in [0.25, 0.3) is 0 Å². The smallest absolute Gasteiger partial charge is 0.230 e. The normalized spacial score (nSPS) is 13.1. The first-order valence-electron chi connectivity index (χ1n) is 8.30. The van der Waals surface area contributed by atoms with Crippen molar-refractivity contribution in [3.05, 3.63) is 41.2 Å². The second kappa shape index (κ2) is 7.62. The number of nitrogens with zero attached hydrogens (tertiary/aromatic N) is 3. The van der Waals surface area contributed by atoms with Gasteiger partial charge in [-0.15, -0.1) is 11.3 Å². The van der Waals surface area contributed by atoms with Crippen LogP contribution in [-0.4, -0.2) is 28.9 Å². The van der Waals surface area contributed by atoms with Gasteiger partial charge in [-0.3, -0.25) is 14.6 Å². The number of rotatable bonds is 5. The maximum atomic E-state index is 13.2. The molecule has 0 aliphatic heterocycles. The number of hydrogen-bond donors (Lipinski definition) is 0. The molecule has 0 saturated heterocycles. The Morgan fingerprint density at radius 2 is 1.88 bits per heavy atom. The fraction of sp³-hybridized carbons (Fsp3) is 0.474. The zero-order valence-electron chi connectivity index (χ0n) is 15.7. The third kappa shape index (κ3) is 4.86. The van der Waals surface area contributed by atoms with Crippen molar-refractivity contribution in [2.45, 2.75) is 47.2 Å². The summed E-state index contributed by atoms with van der Waals surface area (Å²) in [5.41, 5.74) is 1.71. The highest BCUT2D eigenvalue weighted by molar-refractivity contribution is 7.14. The summed E-state index contributed by atoms with van der Waals surface area (Å²) in [6.45, 7) is 11.0. The van der Waals surface area contributed by atoms with Gasteiger partial charge in [0, 0.05) is 24.9 Å². The van der Waals surface area contributed by atoms with Gasteiger partial charge in [0.1, 0.15) is 5.82 Å². The average Bonchev–Trinajstić information content (AvgIpc) is 2.95. The van der Waals surface area contributed by atoms with E-state index in [1.807, 2.05) is 5.38 Å². The molecule has 4 nitrogen and oxygen atoms in total. The van der Waals surface area contributed by atoms with Crippen molar-refractivity contribution in [3.8, 4) is 0 Å². The lowest BCUT2D eigenvalue weighted by Gasteiger charge is -2.35. The standard InChI is InChI=1S/C19H26FN3OS/c1-13(19(3,4)5)22(6)11-16-12-25-18(21-16)23(14(2)24)17-9-7-15(20)8-10-17/h7-10,12-13H,11H2,1-6H3. The number of carbonyl (C=O) groups is 1. The highest BCUT2D eigenvalue weighted by atomic mass is 32.1. The third-order valence-corrected chi connectivity index (χ3v) is 5.33. The van der Waals surface area contributed by atoms with Gasteiger partial charge in [-0.1, -0.05) is 20.8 Å². The monoisotopic (exact) mass is 363 g/mol. The quantitative estimate of drug-likeness (QED) is 0.763. The van der Waals surface area contributed by atoms with Gasteiger partial charge in [0.2, 0.25) is 5.91 Å². The van der Waals surface area contributed by atoms with Crippen LogP contribution in [0.25, 0.3) is 0 Å². The lowest BCUT2D eigenvalue weighted by molar-refractivity contribution is -0.115. The molecule has 1 atom stereocenters. The average molecular weight is 364 g/mol. The molecule has 0 aliphatic carbocycles. The van der Waals surface area contributed by atoms with Crippen LogP contribution < -0.4 is 4.90 Å². The summed E-state index contributed by atoms with van der Waals surface area (Å²) in [6, 6.07) is 6.26. The van der Waals surface area contributed by atoms with E-state index in [4.69, 9.17) is 0 Å². The maximum Gasteiger partial charge on any atom is 0.230 e. The molecule has 0 spiro atoms. The molecule has 2 aromatic rings.